The number of hydrogen-bond acceptors (Lipinski definition) is 5. The summed E-state index contributed by atoms with van der Waals surface area (Å²) >= 11 is 0. The Morgan fingerprint density at radius 3 is 2.40 bits per heavy atom. The molecule has 2 heterocycles. The highest BCUT2D eigenvalue weighted by molar-refractivity contribution is 6.01. The van der Waals surface area contributed by atoms with Gasteiger partial charge in [-0.25, -0.2) is 5.01 Å². The van der Waals surface area contributed by atoms with Crippen molar-refractivity contribution in [1.29, 1.82) is 0 Å². The number of nitrogens with zero attached hydrogens (tertiary/aromatic N) is 2. The van der Waals surface area contributed by atoms with E-state index in [1.165, 1.54) is 0 Å². The van der Waals surface area contributed by atoms with Gasteiger partial charge in [0.15, 0.2) is 11.5 Å². The topological polar surface area (TPSA) is 43.3 Å². The van der Waals surface area contributed by atoms with Crippen LogP contribution in [0.3, 0.4) is 0 Å². The van der Waals surface area contributed by atoms with Crippen molar-refractivity contribution in [2.45, 2.75) is 25.3 Å². The largest absolute Gasteiger partial charge is 0.493 e. The molecule has 0 spiro atoms. The van der Waals surface area contributed by atoms with Crippen LogP contribution in [-0.2, 0) is 6.61 Å². The summed E-state index contributed by atoms with van der Waals surface area (Å²) in [6, 6.07) is 34.8. The average molecular weight is 463 g/mol. The number of benzene rings is 4. The van der Waals surface area contributed by atoms with E-state index in [4.69, 9.17) is 19.3 Å². The van der Waals surface area contributed by atoms with Gasteiger partial charge in [0.25, 0.3) is 0 Å². The molecule has 0 aromatic heterocycles. The lowest BCUT2D eigenvalue weighted by atomic mass is 9.96. The molecule has 5 heteroatoms. The van der Waals surface area contributed by atoms with E-state index >= 15 is 0 Å². The van der Waals surface area contributed by atoms with Crippen molar-refractivity contribution in [1.82, 2.24) is 5.01 Å². The molecule has 174 valence electrons. The van der Waals surface area contributed by atoms with E-state index in [1.54, 1.807) is 7.11 Å². The molecule has 35 heavy (non-hydrogen) atoms. The molecule has 2 atom stereocenters. The fourth-order valence-electron chi connectivity index (χ4n) is 4.75. The Morgan fingerprint density at radius 1 is 0.857 bits per heavy atom. The molecule has 5 nitrogen and oxygen atoms in total. The smallest absolute Gasteiger partial charge is 0.214 e. The maximum atomic E-state index is 6.53. The van der Waals surface area contributed by atoms with Gasteiger partial charge < -0.3 is 14.2 Å². The molecule has 0 saturated carbocycles. The zero-order chi connectivity index (χ0) is 23.6. The summed E-state index contributed by atoms with van der Waals surface area (Å²) in [5, 5.41) is 7.15. The minimum atomic E-state index is -0.374. The van der Waals surface area contributed by atoms with E-state index in [0.29, 0.717) is 18.1 Å². The number of ether oxygens (including phenoxy) is 3. The van der Waals surface area contributed by atoms with Gasteiger partial charge in [0.05, 0.1) is 18.9 Å². The summed E-state index contributed by atoms with van der Waals surface area (Å²) in [4.78, 5) is 0. The lowest BCUT2D eigenvalue weighted by molar-refractivity contribution is -0.0192. The number of hydrogen-bond donors (Lipinski definition) is 0. The predicted molar refractivity (Wildman–Crippen MR) is 136 cm³/mol. The third-order valence-electron chi connectivity index (χ3n) is 6.52. The number of rotatable bonds is 6. The van der Waals surface area contributed by atoms with Gasteiger partial charge in [-0.3, -0.25) is 0 Å². The fraction of sp³-hybridized carbons (Fsp3) is 0.167. The average Bonchev–Trinajstić information content (AvgIpc) is 3.38. The standard InChI is InChI=1S/C30H26N2O3/c1-33-28-17-16-23(18-29(28)34-20-21-10-4-2-5-11-21)30-32-26(24-14-8-9-15-27(24)35-30)19-25(31-32)22-12-6-3-7-13-22/h2-18,26,30H,19-20H2,1H3/t26-,30-/m0/s1. The normalized spacial score (nSPS) is 18.2. The molecule has 0 amide bonds. The SMILES string of the molecule is COc1ccc([C@@H]2Oc3ccccc3[C@@H]3CC(c4ccccc4)=NN32)cc1OCc1ccccc1. The summed E-state index contributed by atoms with van der Waals surface area (Å²) in [5.41, 5.74) is 5.42. The van der Waals surface area contributed by atoms with Crippen molar-refractivity contribution in [2.24, 2.45) is 5.10 Å². The molecular formula is C30H26N2O3. The first kappa shape index (κ1) is 21.3. The Bertz CT molecular complexity index is 1350. The highest BCUT2D eigenvalue weighted by Gasteiger charge is 2.41. The van der Waals surface area contributed by atoms with Crippen molar-refractivity contribution in [2.75, 3.05) is 7.11 Å². The molecule has 0 unspecified atom stereocenters. The molecule has 0 fully saturated rings. The Kier molecular flexibility index (Phi) is 5.59. The Hall–Kier alpha value is -4.25. The van der Waals surface area contributed by atoms with Gasteiger partial charge in [0.1, 0.15) is 12.4 Å². The second-order valence-corrected chi connectivity index (χ2v) is 8.71. The van der Waals surface area contributed by atoms with Crippen LogP contribution in [0.15, 0.2) is 108 Å². The van der Waals surface area contributed by atoms with Crippen molar-refractivity contribution in [3.05, 3.63) is 125 Å². The summed E-state index contributed by atoms with van der Waals surface area (Å²) < 4.78 is 18.3. The minimum absolute atomic E-state index is 0.107. The van der Waals surface area contributed by atoms with Crippen LogP contribution in [0.25, 0.3) is 0 Å². The molecule has 0 bridgehead atoms. The Balaban J connectivity index is 1.36. The van der Waals surface area contributed by atoms with Crippen molar-refractivity contribution < 1.29 is 14.2 Å². The molecule has 2 aliphatic heterocycles. The van der Waals surface area contributed by atoms with E-state index in [2.05, 4.69) is 41.4 Å². The van der Waals surface area contributed by atoms with Crippen LogP contribution in [0, 0.1) is 0 Å². The maximum Gasteiger partial charge on any atom is 0.214 e. The highest BCUT2D eigenvalue weighted by Crippen LogP contribution is 2.48. The monoisotopic (exact) mass is 462 g/mol. The third kappa shape index (κ3) is 4.10. The summed E-state index contributed by atoms with van der Waals surface area (Å²) in [6.45, 7) is 0.456. The number of methoxy groups -OCH3 is 1. The fourth-order valence-corrected chi connectivity index (χ4v) is 4.75. The van der Waals surface area contributed by atoms with Gasteiger partial charge in [-0.05, 0) is 35.4 Å². The Labute approximate surface area is 205 Å². The molecule has 0 N–H and O–H groups in total. The predicted octanol–water partition coefficient (Wildman–Crippen LogP) is 6.52. The van der Waals surface area contributed by atoms with Crippen molar-refractivity contribution in [3.8, 4) is 17.2 Å². The van der Waals surface area contributed by atoms with Crippen LogP contribution in [-0.4, -0.2) is 17.8 Å². The molecule has 6 rings (SSSR count). The summed E-state index contributed by atoms with van der Waals surface area (Å²) in [7, 11) is 1.66. The van der Waals surface area contributed by atoms with Crippen LogP contribution in [0.4, 0.5) is 0 Å². The molecule has 4 aromatic carbocycles. The van der Waals surface area contributed by atoms with E-state index in [0.717, 1.165) is 40.1 Å². The van der Waals surface area contributed by atoms with E-state index < -0.39 is 0 Å². The van der Waals surface area contributed by atoms with Crippen LogP contribution in [0.5, 0.6) is 17.2 Å². The van der Waals surface area contributed by atoms with Gasteiger partial charge >= 0.3 is 0 Å². The second kappa shape index (κ2) is 9.18. The molecule has 4 aromatic rings. The summed E-state index contributed by atoms with van der Waals surface area (Å²) in [5.74, 6) is 2.26. The number of para-hydroxylation sites is 1. The van der Waals surface area contributed by atoms with Gasteiger partial charge in [-0.2, -0.15) is 5.10 Å². The first-order valence-electron chi connectivity index (χ1n) is 11.8. The van der Waals surface area contributed by atoms with E-state index in [-0.39, 0.29) is 12.3 Å². The molecule has 0 saturated heterocycles. The quantitative estimate of drug-likeness (QED) is 0.327. The maximum absolute atomic E-state index is 6.53. The van der Waals surface area contributed by atoms with Crippen LogP contribution >= 0.6 is 0 Å². The van der Waals surface area contributed by atoms with E-state index in [1.807, 2.05) is 66.7 Å². The van der Waals surface area contributed by atoms with E-state index in [9.17, 15) is 0 Å². The lowest BCUT2D eigenvalue weighted by Gasteiger charge is -2.38. The third-order valence-corrected chi connectivity index (χ3v) is 6.52. The lowest BCUT2D eigenvalue weighted by Crippen LogP contribution is -2.33. The number of hydrazone groups is 1. The van der Waals surface area contributed by atoms with Gasteiger partial charge in [0, 0.05) is 17.5 Å². The molecule has 0 radical (unpaired) electrons. The second-order valence-electron chi connectivity index (χ2n) is 8.71. The van der Waals surface area contributed by atoms with Crippen LogP contribution < -0.4 is 14.2 Å². The van der Waals surface area contributed by atoms with Gasteiger partial charge in [0.2, 0.25) is 6.23 Å². The zero-order valence-electron chi connectivity index (χ0n) is 19.5. The zero-order valence-corrected chi connectivity index (χ0v) is 19.5. The first-order valence-corrected chi connectivity index (χ1v) is 11.8. The van der Waals surface area contributed by atoms with Crippen molar-refractivity contribution >= 4 is 5.71 Å². The highest BCUT2D eigenvalue weighted by atomic mass is 16.5. The van der Waals surface area contributed by atoms with Crippen LogP contribution in [0.2, 0.25) is 0 Å². The summed E-state index contributed by atoms with van der Waals surface area (Å²) in [6.07, 6.45) is 0.454. The molecule has 0 aliphatic carbocycles. The van der Waals surface area contributed by atoms with Gasteiger partial charge in [-0.1, -0.05) is 78.9 Å². The molecular weight excluding hydrogens is 436 g/mol. The Morgan fingerprint density at radius 2 is 1.60 bits per heavy atom. The van der Waals surface area contributed by atoms with Crippen LogP contribution in [0.1, 0.15) is 40.9 Å². The van der Waals surface area contributed by atoms with Crippen molar-refractivity contribution in [3.63, 3.8) is 0 Å². The molecule has 2 aliphatic rings. The van der Waals surface area contributed by atoms with Gasteiger partial charge in [-0.15, -0.1) is 0 Å². The minimum Gasteiger partial charge on any atom is -0.493 e. The number of fused-ring (bicyclic) bond motifs is 3. The first-order chi connectivity index (χ1) is 17.3.